The molecule has 0 unspecified atom stereocenters. The molecule has 0 aliphatic carbocycles. The Labute approximate surface area is 150 Å². The molecule has 0 saturated carbocycles. The van der Waals surface area contributed by atoms with Crippen molar-refractivity contribution in [2.24, 2.45) is 0 Å². The van der Waals surface area contributed by atoms with Gasteiger partial charge in [0.2, 0.25) is 15.8 Å². The van der Waals surface area contributed by atoms with Crippen molar-refractivity contribution in [3.63, 3.8) is 0 Å². The molecule has 1 aromatic rings. The Morgan fingerprint density at radius 3 is 2.32 bits per heavy atom. The van der Waals surface area contributed by atoms with Crippen LogP contribution in [0.5, 0.6) is 0 Å². The van der Waals surface area contributed by atoms with Crippen LogP contribution in [0.4, 0.5) is 0 Å². The van der Waals surface area contributed by atoms with E-state index in [2.05, 4.69) is 4.72 Å². The van der Waals surface area contributed by atoms with E-state index in [9.17, 15) is 18.0 Å². The SMILES string of the molecule is CCCCS(=O)(=O)N[C@@H](C)C(=O)OCC(=O)c1cc(C)c(C)cc1C. The van der Waals surface area contributed by atoms with Crippen molar-refractivity contribution in [2.45, 2.75) is 53.5 Å². The van der Waals surface area contributed by atoms with Gasteiger partial charge in [0.25, 0.3) is 0 Å². The minimum atomic E-state index is -3.53. The summed E-state index contributed by atoms with van der Waals surface area (Å²) in [5.41, 5.74) is 3.39. The largest absolute Gasteiger partial charge is 0.456 e. The molecule has 0 heterocycles. The average Bonchev–Trinajstić information content (AvgIpc) is 2.53. The molecule has 1 atom stereocenters. The molecule has 140 valence electrons. The molecular weight excluding hydrogens is 342 g/mol. The van der Waals surface area contributed by atoms with E-state index in [1.165, 1.54) is 6.92 Å². The average molecular weight is 369 g/mol. The molecule has 6 nitrogen and oxygen atoms in total. The number of unbranched alkanes of at least 4 members (excludes halogenated alkanes) is 1. The van der Waals surface area contributed by atoms with Crippen LogP contribution in [0.25, 0.3) is 0 Å². The third-order valence-corrected chi connectivity index (χ3v) is 5.50. The number of ketones is 1. The second-order valence-corrected chi connectivity index (χ2v) is 8.17. The molecular formula is C18H27NO5S. The number of hydrogen-bond acceptors (Lipinski definition) is 5. The number of rotatable bonds is 9. The van der Waals surface area contributed by atoms with Gasteiger partial charge in [0.05, 0.1) is 5.75 Å². The topological polar surface area (TPSA) is 89.5 Å². The number of aryl methyl sites for hydroxylation is 3. The van der Waals surface area contributed by atoms with Crippen molar-refractivity contribution < 1.29 is 22.7 Å². The van der Waals surface area contributed by atoms with Gasteiger partial charge in [-0.15, -0.1) is 0 Å². The first-order chi connectivity index (χ1) is 11.6. The third kappa shape index (κ3) is 6.59. The van der Waals surface area contributed by atoms with Crippen LogP contribution in [0.2, 0.25) is 0 Å². The Morgan fingerprint density at radius 2 is 1.72 bits per heavy atom. The van der Waals surface area contributed by atoms with Gasteiger partial charge in [0.1, 0.15) is 6.04 Å². The monoisotopic (exact) mass is 369 g/mol. The summed E-state index contributed by atoms with van der Waals surface area (Å²) in [7, 11) is -3.53. The maximum atomic E-state index is 12.3. The standard InChI is InChI=1S/C18H27NO5S/c1-6-7-8-25(22,23)19-15(5)18(21)24-11-17(20)16-10-13(3)12(2)9-14(16)4/h9-10,15,19H,6-8,11H2,1-5H3/t15-/m0/s1. The number of carbonyl (C=O) groups is 2. The van der Waals surface area contributed by atoms with Gasteiger partial charge in [0.15, 0.2) is 6.61 Å². The number of ether oxygens (including phenoxy) is 1. The Bertz CT molecular complexity index is 740. The minimum Gasteiger partial charge on any atom is -0.456 e. The van der Waals surface area contributed by atoms with E-state index in [1.807, 2.05) is 33.8 Å². The van der Waals surface area contributed by atoms with Gasteiger partial charge < -0.3 is 4.74 Å². The van der Waals surface area contributed by atoms with Gasteiger partial charge in [-0.3, -0.25) is 9.59 Å². The zero-order chi connectivity index (χ0) is 19.2. The summed E-state index contributed by atoms with van der Waals surface area (Å²) in [6.07, 6.45) is 1.26. The maximum absolute atomic E-state index is 12.3. The second kappa shape index (κ2) is 9.10. The van der Waals surface area contributed by atoms with E-state index in [1.54, 1.807) is 6.07 Å². The zero-order valence-corrected chi connectivity index (χ0v) is 16.3. The predicted molar refractivity (Wildman–Crippen MR) is 97.2 cm³/mol. The van der Waals surface area contributed by atoms with E-state index < -0.39 is 28.6 Å². The molecule has 1 rings (SSSR count). The molecule has 25 heavy (non-hydrogen) atoms. The highest BCUT2D eigenvalue weighted by Gasteiger charge is 2.22. The Kier molecular flexibility index (Phi) is 7.76. The van der Waals surface area contributed by atoms with Crippen LogP contribution in [-0.2, 0) is 19.6 Å². The fourth-order valence-electron chi connectivity index (χ4n) is 2.31. The summed E-state index contributed by atoms with van der Waals surface area (Å²) in [6, 6.07) is 2.66. The number of hydrogen-bond donors (Lipinski definition) is 1. The molecule has 0 aromatic heterocycles. The highest BCUT2D eigenvalue weighted by Crippen LogP contribution is 2.16. The van der Waals surface area contributed by atoms with Gasteiger partial charge in [-0.25, -0.2) is 13.1 Å². The Balaban J connectivity index is 2.64. The first kappa shape index (κ1) is 21.3. The first-order valence-corrected chi connectivity index (χ1v) is 10.00. The molecule has 0 fully saturated rings. The van der Waals surface area contributed by atoms with Crippen LogP contribution >= 0.6 is 0 Å². The van der Waals surface area contributed by atoms with Gasteiger partial charge in [-0.2, -0.15) is 0 Å². The van der Waals surface area contributed by atoms with E-state index in [0.717, 1.165) is 23.1 Å². The molecule has 0 aliphatic rings. The maximum Gasteiger partial charge on any atom is 0.324 e. The van der Waals surface area contributed by atoms with Crippen molar-refractivity contribution >= 4 is 21.8 Å². The van der Waals surface area contributed by atoms with Crippen molar-refractivity contribution in [3.05, 3.63) is 34.4 Å². The lowest BCUT2D eigenvalue weighted by Crippen LogP contribution is -2.41. The minimum absolute atomic E-state index is 0.0398. The highest BCUT2D eigenvalue weighted by atomic mass is 32.2. The molecule has 0 amide bonds. The van der Waals surface area contributed by atoms with Crippen LogP contribution in [0.15, 0.2) is 12.1 Å². The number of Topliss-reactive ketones (excluding diaryl/α,β-unsaturated/α-hetero) is 1. The fraction of sp³-hybridized carbons (Fsp3) is 0.556. The lowest BCUT2D eigenvalue weighted by Gasteiger charge is -2.14. The van der Waals surface area contributed by atoms with E-state index in [4.69, 9.17) is 4.74 Å². The van der Waals surface area contributed by atoms with Gasteiger partial charge in [0, 0.05) is 5.56 Å². The van der Waals surface area contributed by atoms with Crippen molar-refractivity contribution in [2.75, 3.05) is 12.4 Å². The van der Waals surface area contributed by atoms with E-state index >= 15 is 0 Å². The number of carbonyl (C=O) groups excluding carboxylic acids is 2. The van der Waals surface area contributed by atoms with E-state index in [0.29, 0.717) is 12.0 Å². The zero-order valence-electron chi connectivity index (χ0n) is 15.5. The molecule has 0 saturated heterocycles. The number of esters is 1. The smallest absolute Gasteiger partial charge is 0.324 e. The van der Waals surface area contributed by atoms with Crippen LogP contribution < -0.4 is 4.72 Å². The summed E-state index contributed by atoms with van der Waals surface area (Å²) in [5, 5.41) is 0. The third-order valence-electron chi connectivity index (χ3n) is 3.96. The molecule has 0 bridgehead atoms. The normalized spacial score (nSPS) is 12.7. The molecule has 0 aliphatic heterocycles. The number of sulfonamides is 1. The highest BCUT2D eigenvalue weighted by molar-refractivity contribution is 7.89. The summed E-state index contributed by atoms with van der Waals surface area (Å²) < 4.78 is 30.8. The van der Waals surface area contributed by atoms with Crippen LogP contribution in [0.1, 0.15) is 53.7 Å². The van der Waals surface area contributed by atoms with Crippen LogP contribution in [0, 0.1) is 20.8 Å². The van der Waals surface area contributed by atoms with Gasteiger partial charge in [-0.1, -0.05) is 19.4 Å². The quantitative estimate of drug-likeness (QED) is 0.533. The van der Waals surface area contributed by atoms with Crippen LogP contribution in [0.3, 0.4) is 0 Å². The van der Waals surface area contributed by atoms with Crippen molar-refractivity contribution in [3.8, 4) is 0 Å². The Morgan fingerprint density at radius 1 is 1.12 bits per heavy atom. The molecule has 0 spiro atoms. The molecule has 1 N–H and O–H groups in total. The van der Waals surface area contributed by atoms with Crippen molar-refractivity contribution in [1.29, 1.82) is 0 Å². The predicted octanol–water partition coefficient (Wildman–Crippen LogP) is 2.45. The summed E-state index contributed by atoms with van der Waals surface area (Å²) >= 11 is 0. The number of benzene rings is 1. The number of nitrogens with one attached hydrogen (secondary N) is 1. The lowest BCUT2D eigenvalue weighted by atomic mass is 9.98. The summed E-state index contributed by atoms with van der Waals surface area (Å²) in [5.74, 6) is -1.12. The second-order valence-electron chi connectivity index (χ2n) is 6.29. The van der Waals surface area contributed by atoms with E-state index in [-0.39, 0.29) is 11.5 Å². The molecule has 1 aromatic carbocycles. The van der Waals surface area contributed by atoms with Gasteiger partial charge >= 0.3 is 5.97 Å². The summed E-state index contributed by atoms with van der Waals surface area (Å²) in [4.78, 5) is 24.2. The Hall–Kier alpha value is -1.73. The van der Waals surface area contributed by atoms with Crippen molar-refractivity contribution in [1.82, 2.24) is 4.72 Å². The molecule has 0 radical (unpaired) electrons. The molecule has 7 heteroatoms. The summed E-state index contributed by atoms with van der Waals surface area (Å²) in [6.45, 7) is 8.56. The fourth-order valence-corrected chi connectivity index (χ4v) is 3.73. The first-order valence-electron chi connectivity index (χ1n) is 8.35. The van der Waals surface area contributed by atoms with Gasteiger partial charge in [-0.05, 0) is 56.9 Å². The van der Waals surface area contributed by atoms with Crippen LogP contribution in [-0.4, -0.2) is 38.6 Å². The lowest BCUT2D eigenvalue weighted by molar-refractivity contribution is -0.144.